The van der Waals surface area contributed by atoms with Gasteiger partial charge in [0.1, 0.15) is 0 Å². The Morgan fingerprint density at radius 3 is 1.87 bits per heavy atom. The quantitative estimate of drug-likeness (QED) is 0.764. The van der Waals surface area contributed by atoms with Crippen LogP contribution in [0, 0.1) is 6.92 Å². The summed E-state index contributed by atoms with van der Waals surface area (Å²) in [6.45, 7) is 1.89. The van der Waals surface area contributed by atoms with Crippen LogP contribution in [0.4, 0.5) is 0 Å². The normalized spacial score (nSPS) is 9.73. The van der Waals surface area contributed by atoms with E-state index in [1.165, 1.54) is 12.1 Å². The monoisotopic (exact) mass is 308 g/mol. The second kappa shape index (κ2) is 6.98. The first-order valence-corrected chi connectivity index (χ1v) is 7.26. The first kappa shape index (κ1) is 14.6. The van der Waals surface area contributed by atoms with Crippen LogP contribution in [-0.2, 0) is 43.2 Å². The van der Waals surface area contributed by atoms with Crippen molar-refractivity contribution in [2.75, 3.05) is 7.11 Å². The summed E-state index contributed by atoms with van der Waals surface area (Å²) >= 11 is -2.27. The van der Waals surface area contributed by atoms with Crippen LogP contribution in [0.1, 0.15) is 5.56 Å². The minimum absolute atomic E-state index is 0.190. The summed E-state index contributed by atoms with van der Waals surface area (Å²) in [4.78, 5) is 0.190. The van der Waals surface area contributed by atoms with E-state index in [1.807, 2.05) is 6.92 Å². The van der Waals surface area contributed by atoms with Gasteiger partial charge in [-0.3, -0.25) is 4.18 Å². The van der Waals surface area contributed by atoms with Gasteiger partial charge in [0.2, 0.25) is 0 Å². The predicted octanol–water partition coefficient (Wildman–Crippen LogP) is 1.09. The summed E-state index contributed by atoms with van der Waals surface area (Å²) in [5.41, 5.74) is 1.02. The van der Waals surface area contributed by atoms with Gasteiger partial charge in [-0.1, -0.05) is 17.7 Å². The molecule has 0 spiro atoms. The number of hydrogen-bond acceptors (Lipinski definition) is 5. The Kier molecular flexibility index (Phi) is 6.80. The van der Waals surface area contributed by atoms with Crippen molar-refractivity contribution < 1.29 is 41.5 Å². The molecule has 0 aliphatic carbocycles. The number of aryl methyl sites for hydroxylation is 1. The molecule has 0 saturated carbocycles. The van der Waals surface area contributed by atoms with Crippen LogP contribution >= 0.6 is 0 Å². The molecule has 0 heterocycles. The van der Waals surface area contributed by atoms with Crippen molar-refractivity contribution >= 4 is 10.1 Å². The maximum atomic E-state index is 11.1. The van der Waals surface area contributed by atoms with E-state index >= 15 is 0 Å². The number of rotatable bonds is 2. The third-order valence-electron chi connectivity index (χ3n) is 1.53. The zero-order valence-corrected chi connectivity index (χ0v) is 11.5. The predicted molar refractivity (Wildman–Crippen MR) is 46.7 cm³/mol. The molecule has 0 bridgehead atoms. The molecule has 7 heteroatoms. The van der Waals surface area contributed by atoms with E-state index < -0.39 is 33.4 Å². The van der Waals surface area contributed by atoms with Crippen molar-refractivity contribution in [3.63, 3.8) is 0 Å². The summed E-state index contributed by atoms with van der Waals surface area (Å²) < 4.78 is 43.6. The van der Waals surface area contributed by atoms with Gasteiger partial charge < -0.3 is 0 Å². The van der Waals surface area contributed by atoms with Crippen LogP contribution < -0.4 is 0 Å². The third-order valence-corrected chi connectivity index (χ3v) is 2.82. The molecule has 0 fully saturated rings. The molecule has 1 aromatic rings. The van der Waals surface area contributed by atoms with E-state index in [9.17, 15) is 8.42 Å². The van der Waals surface area contributed by atoms with E-state index in [-0.39, 0.29) is 4.90 Å². The molecule has 5 nitrogen and oxygen atoms in total. The standard InChI is InChI=1S/C8H10O3S.2O.Zr/c1-7-3-5-8(6-4-7)12(9,10)11-2;;;/h3-6H,1-2H3;;;. The second-order valence-electron chi connectivity index (χ2n) is 2.52. The Labute approximate surface area is 100 Å². The average Bonchev–Trinajstić information content (AvgIpc) is 2.20. The van der Waals surface area contributed by atoms with E-state index in [2.05, 4.69) is 4.18 Å². The SMILES string of the molecule is COS(=O)(=O)c1ccc(C)cc1.[O]=[Zr]=[O]. The van der Waals surface area contributed by atoms with Gasteiger partial charge in [0.05, 0.1) is 12.0 Å². The Bertz CT molecular complexity index is 431. The van der Waals surface area contributed by atoms with Crippen LogP contribution in [-0.4, -0.2) is 15.5 Å². The van der Waals surface area contributed by atoms with Gasteiger partial charge in [0.15, 0.2) is 0 Å². The van der Waals surface area contributed by atoms with Crippen molar-refractivity contribution in [1.82, 2.24) is 0 Å². The zero-order valence-electron chi connectivity index (χ0n) is 8.26. The first-order valence-electron chi connectivity index (χ1n) is 3.84. The summed E-state index contributed by atoms with van der Waals surface area (Å²) in [7, 11) is -2.37. The molecular formula is C8H10O5SZr. The van der Waals surface area contributed by atoms with Gasteiger partial charge in [-0.2, -0.15) is 8.42 Å². The van der Waals surface area contributed by atoms with E-state index in [1.54, 1.807) is 12.1 Å². The van der Waals surface area contributed by atoms with Crippen molar-refractivity contribution in [2.45, 2.75) is 11.8 Å². The fourth-order valence-corrected chi connectivity index (χ4v) is 1.46. The molecule has 1 aromatic carbocycles. The zero-order chi connectivity index (χ0) is 11.9. The topological polar surface area (TPSA) is 77.5 Å². The fraction of sp³-hybridized carbons (Fsp3) is 0.250. The third kappa shape index (κ3) is 5.30. The molecule has 0 unspecified atom stereocenters. The Hall–Kier alpha value is -0.387. The molecule has 0 radical (unpaired) electrons. The molecule has 82 valence electrons. The van der Waals surface area contributed by atoms with Crippen LogP contribution in [0.25, 0.3) is 0 Å². The van der Waals surface area contributed by atoms with E-state index in [4.69, 9.17) is 5.63 Å². The van der Waals surface area contributed by atoms with Crippen LogP contribution in [0.2, 0.25) is 0 Å². The van der Waals surface area contributed by atoms with Gasteiger partial charge in [-0.05, 0) is 19.1 Å². The summed E-state index contributed by atoms with van der Waals surface area (Å²) in [6, 6.07) is 6.50. The first-order chi connectivity index (χ1) is 6.97. The molecule has 0 N–H and O–H groups in total. The van der Waals surface area contributed by atoms with Crippen LogP contribution in [0.5, 0.6) is 0 Å². The Morgan fingerprint density at radius 1 is 1.13 bits per heavy atom. The molecule has 0 aliphatic heterocycles. The Balaban J connectivity index is 0.000000583. The van der Waals surface area contributed by atoms with E-state index in [0.29, 0.717) is 0 Å². The summed E-state index contributed by atoms with van der Waals surface area (Å²) in [6.07, 6.45) is 0. The number of hydrogen-bond donors (Lipinski definition) is 0. The minimum atomic E-state index is -3.51. The molecule has 0 aliphatic rings. The van der Waals surface area contributed by atoms with Gasteiger partial charge in [-0.15, -0.1) is 0 Å². The van der Waals surface area contributed by atoms with Gasteiger partial charge in [-0.25, -0.2) is 0 Å². The van der Waals surface area contributed by atoms with Crippen LogP contribution in [0.3, 0.4) is 0 Å². The molecule has 15 heavy (non-hydrogen) atoms. The second-order valence-corrected chi connectivity index (χ2v) is 4.64. The number of benzene rings is 1. The average molecular weight is 309 g/mol. The van der Waals surface area contributed by atoms with Crippen molar-refractivity contribution in [3.05, 3.63) is 29.8 Å². The molecule has 0 atom stereocenters. The molecular weight excluding hydrogens is 299 g/mol. The molecule has 0 amide bonds. The fourth-order valence-electron chi connectivity index (χ4n) is 0.801. The van der Waals surface area contributed by atoms with Crippen molar-refractivity contribution in [2.24, 2.45) is 0 Å². The van der Waals surface area contributed by atoms with Gasteiger partial charge >= 0.3 is 28.9 Å². The summed E-state index contributed by atoms with van der Waals surface area (Å²) in [5.74, 6) is 0. The molecule has 1 rings (SSSR count). The van der Waals surface area contributed by atoms with Crippen molar-refractivity contribution in [1.29, 1.82) is 0 Å². The Morgan fingerprint density at radius 2 is 1.53 bits per heavy atom. The molecule has 0 saturated heterocycles. The summed E-state index contributed by atoms with van der Waals surface area (Å²) in [5, 5.41) is 0. The maximum absolute atomic E-state index is 11.1. The van der Waals surface area contributed by atoms with E-state index in [0.717, 1.165) is 12.7 Å². The molecule has 0 aromatic heterocycles. The van der Waals surface area contributed by atoms with Gasteiger partial charge in [0.25, 0.3) is 10.1 Å². The van der Waals surface area contributed by atoms with Gasteiger partial charge in [0, 0.05) is 0 Å². The van der Waals surface area contributed by atoms with Crippen molar-refractivity contribution in [3.8, 4) is 0 Å². The van der Waals surface area contributed by atoms with Crippen LogP contribution in [0.15, 0.2) is 29.2 Å².